The van der Waals surface area contributed by atoms with E-state index in [1.165, 1.54) is 19.3 Å². The zero-order chi connectivity index (χ0) is 16.9. The first-order valence-corrected chi connectivity index (χ1v) is 9.84. The van der Waals surface area contributed by atoms with Crippen LogP contribution in [-0.2, 0) is 5.75 Å². The molecule has 0 bridgehead atoms. The molecular weight excluding hydrogens is 359 g/mol. The molecule has 1 fully saturated rings. The highest BCUT2D eigenvalue weighted by molar-refractivity contribution is 7.98. The number of thioether (sulfide) groups is 1. The Morgan fingerprint density at radius 1 is 1.12 bits per heavy atom. The number of pyridine rings is 1. The molecule has 2 heterocycles. The summed E-state index contributed by atoms with van der Waals surface area (Å²) in [6, 6.07) is 7.76. The van der Waals surface area contributed by atoms with Gasteiger partial charge in [-0.2, -0.15) is 0 Å². The van der Waals surface area contributed by atoms with Crippen molar-refractivity contribution in [2.24, 2.45) is 0 Å². The first-order valence-electron chi connectivity index (χ1n) is 8.10. The van der Waals surface area contributed by atoms with Crippen LogP contribution >= 0.6 is 35.0 Å². The third-order valence-electron chi connectivity index (χ3n) is 4.17. The molecule has 5 heteroatoms. The molecule has 1 aromatic carbocycles. The molecular formula is C19H20Cl2N2S. The maximum atomic E-state index is 6.24. The molecule has 2 nitrogen and oxygen atoms in total. The lowest BCUT2D eigenvalue weighted by Crippen LogP contribution is -2.27. The number of hydrogen-bond acceptors (Lipinski definition) is 3. The molecule has 3 rings (SSSR count). The summed E-state index contributed by atoms with van der Waals surface area (Å²) in [5.41, 5.74) is 3.32. The Bertz CT molecular complexity index is 707. The van der Waals surface area contributed by atoms with Crippen molar-refractivity contribution in [2.75, 3.05) is 13.1 Å². The van der Waals surface area contributed by atoms with E-state index >= 15 is 0 Å². The maximum absolute atomic E-state index is 6.24. The van der Waals surface area contributed by atoms with Crippen molar-refractivity contribution >= 4 is 40.7 Å². The first kappa shape index (κ1) is 17.7. The summed E-state index contributed by atoms with van der Waals surface area (Å²) in [7, 11) is 0. The fraction of sp³-hybridized carbons (Fsp3) is 0.316. The summed E-state index contributed by atoms with van der Waals surface area (Å²) in [4.78, 5) is 7.67. The minimum Gasteiger partial charge on any atom is -0.371 e. The van der Waals surface area contributed by atoms with Crippen LogP contribution < -0.4 is 0 Å². The van der Waals surface area contributed by atoms with E-state index in [2.05, 4.69) is 22.5 Å². The molecule has 1 aromatic heterocycles. The molecule has 1 aliphatic rings. The predicted molar refractivity (Wildman–Crippen MR) is 105 cm³/mol. The Kier molecular flexibility index (Phi) is 6.09. The van der Waals surface area contributed by atoms with E-state index in [0.717, 1.165) is 40.6 Å². The third-order valence-corrected chi connectivity index (χ3v) is 6.23. The van der Waals surface area contributed by atoms with E-state index in [0.29, 0.717) is 10.0 Å². The van der Waals surface area contributed by atoms with E-state index in [1.807, 2.05) is 30.6 Å². The number of aromatic nitrogens is 1. The number of likely N-dealkylation sites (tertiary alicyclic amines) is 1. The fourth-order valence-corrected chi connectivity index (χ4v) is 4.45. The van der Waals surface area contributed by atoms with Crippen LogP contribution in [-0.4, -0.2) is 23.0 Å². The lowest BCUT2D eigenvalue weighted by Gasteiger charge is -2.30. The Labute approximate surface area is 157 Å². The van der Waals surface area contributed by atoms with Gasteiger partial charge in [0.15, 0.2) is 0 Å². The number of nitrogens with zero attached hydrogens (tertiary/aromatic N) is 2. The number of benzene rings is 1. The Morgan fingerprint density at radius 2 is 1.83 bits per heavy atom. The van der Waals surface area contributed by atoms with Gasteiger partial charge in [-0.3, -0.25) is 4.98 Å². The van der Waals surface area contributed by atoms with E-state index < -0.39 is 0 Å². The van der Waals surface area contributed by atoms with Crippen LogP contribution in [0.5, 0.6) is 0 Å². The second-order valence-electron chi connectivity index (χ2n) is 5.92. The highest BCUT2D eigenvalue weighted by atomic mass is 35.5. The number of hydrogen-bond donors (Lipinski definition) is 0. The smallest absolute Gasteiger partial charge is 0.0557 e. The van der Waals surface area contributed by atoms with Crippen molar-refractivity contribution in [3.05, 3.63) is 64.4 Å². The van der Waals surface area contributed by atoms with Gasteiger partial charge in [0.05, 0.1) is 10.0 Å². The normalized spacial score (nSPS) is 14.7. The molecule has 0 spiro atoms. The van der Waals surface area contributed by atoms with E-state index in [9.17, 15) is 0 Å². The minimum absolute atomic E-state index is 0.689. The van der Waals surface area contributed by atoms with Gasteiger partial charge in [0.25, 0.3) is 0 Å². The largest absolute Gasteiger partial charge is 0.371 e. The molecule has 0 amide bonds. The third kappa shape index (κ3) is 4.27. The molecule has 0 N–H and O–H groups in total. The molecule has 0 unspecified atom stereocenters. The summed E-state index contributed by atoms with van der Waals surface area (Å²) < 4.78 is 0. The van der Waals surface area contributed by atoms with Crippen molar-refractivity contribution in [1.82, 2.24) is 9.88 Å². The molecule has 0 atom stereocenters. The number of piperidine rings is 1. The molecule has 1 saturated heterocycles. The Balaban J connectivity index is 1.70. The van der Waals surface area contributed by atoms with E-state index in [1.54, 1.807) is 11.8 Å². The van der Waals surface area contributed by atoms with Crippen LogP contribution in [0, 0.1) is 0 Å². The zero-order valence-electron chi connectivity index (χ0n) is 13.5. The lowest BCUT2D eigenvalue weighted by molar-refractivity contribution is 0.326. The SMILES string of the molecule is C=C(c1cncc(CSc2c(Cl)cccc2Cl)c1)N1CCCCC1. The second kappa shape index (κ2) is 8.28. The summed E-state index contributed by atoms with van der Waals surface area (Å²) >= 11 is 14.1. The average Bonchev–Trinajstić information content (AvgIpc) is 2.62. The van der Waals surface area contributed by atoms with E-state index in [-0.39, 0.29) is 0 Å². The highest BCUT2D eigenvalue weighted by Crippen LogP contribution is 2.35. The fourth-order valence-electron chi connectivity index (χ4n) is 2.85. The van der Waals surface area contributed by atoms with Crippen molar-refractivity contribution in [2.45, 2.75) is 29.9 Å². The van der Waals surface area contributed by atoms with Crippen molar-refractivity contribution in [1.29, 1.82) is 0 Å². The lowest BCUT2D eigenvalue weighted by atomic mass is 10.1. The van der Waals surface area contributed by atoms with Crippen LogP contribution in [0.2, 0.25) is 10.0 Å². The molecule has 0 saturated carbocycles. The summed E-state index contributed by atoms with van der Waals surface area (Å²) in [6.07, 6.45) is 7.59. The summed E-state index contributed by atoms with van der Waals surface area (Å²) in [5.74, 6) is 0.775. The van der Waals surface area contributed by atoms with Gasteiger partial charge < -0.3 is 4.90 Å². The maximum Gasteiger partial charge on any atom is 0.0557 e. The van der Waals surface area contributed by atoms with Crippen LogP contribution in [0.15, 0.2) is 48.1 Å². The molecule has 24 heavy (non-hydrogen) atoms. The van der Waals surface area contributed by atoms with Gasteiger partial charge in [-0.1, -0.05) is 35.8 Å². The Hall–Kier alpha value is -1.16. The van der Waals surface area contributed by atoms with Crippen molar-refractivity contribution < 1.29 is 0 Å². The van der Waals surface area contributed by atoms with Gasteiger partial charge in [-0.15, -0.1) is 11.8 Å². The van der Waals surface area contributed by atoms with Gasteiger partial charge >= 0.3 is 0 Å². The van der Waals surface area contributed by atoms with Gasteiger partial charge in [-0.05, 0) is 43.0 Å². The second-order valence-corrected chi connectivity index (χ2v) is 7.72. The van der Waals surface area contributed by atoms with Gasteiger partial charge in [0.2, 0.25) is 0 Å². The van der Waals surface area contributed by atoms with Crippen LogP contribution in [0.1, 0.15) is 30.4 Å². The molecule has 0 aliphatic carbocycles. The van der Waals surface area contributed by atoms with Gasteiger partial charge in [0.1, 0.15) is 0 Å². The molecule has 126 valence electrons. The van der Waals surface area contributed by atoms with Crippen LogP contribution in [0.25, 0.3) is 5.70 Å². The quantitative estimate of drug-likeness (QED) is 0.581. The average molecular weight is 379 g/mol. The van der Waals surface area contributed by atoms with Crippen LogP contribution in [0.3, 0.4) is 0 Å². The first-order chi connectivity index (χ1) is 11.6. The van der Waals surface area contributed by atoms with Crippen molar-refractivity contribution in [3.8, 4) is 0 Å². The number of rotatable bonds is 5. The van der Waals surface area contributed by atoms with Crippen molar-refractivity contribution in [3.63, 3.8) is 0 Å². The summed E-state index contributed by atoms with van der Waals surface area (Å²) in [5, 5.41) is 1.38. The minimum atomic E-state index is 0.689. The predicted octanol–water partition coefficient (Wildman–Crippen LogP) is 6.14. The van der Waals surface area contributed by atoms with Gasteiger partial charge in [-0.25, -0.2) is 0 Å². The van der Waals surface area contributed by atoms with E-state index in [4.69, 9.17) is 23.2 Å². The molecule has 0 radical (unpaired) electrons. The summed E-state index contributed by atoms with van der Waals surface area (Å²) in [6.45, 7) is 6.45. The highest BCUT2D eigenvalue weighted by Gasteiger charge is 2.14. The topological polar surface area (TPSA) is 16.1 Å². The van der Waals surface area contributed by atoms with Gasteiger partial charge in [0, 0.05) is 47.4 Å². The van der Waals surface area contributed by atoms with Crippen LogP contribution in [0.4, 0.5) is 0 Å². The molecule has 1 aliphatic heterocycles. The Morgan fingerprint density at radius 3 is 2.54 bits per heavy atom. The molecule has 2 aromatic rings. The number of halogens is 2. The standard InChI is InChI=1S/C19H20Cl2N2S/c1-14(23-8-3-2-4-9-23)16-10-15(11-22-12-16)13-24-19-17(20)6-5-7-18(19)21/h5-7,10-12H,1-4,8-9,13H2. The monoisotopic (exact) mass is 378 g/mol. The zero-order valence-corrected chi connectivity index (χ0v) is 15.8.